The normalized spacial score (nSPS) is 16.6. The fourth-order valence-corrected chi connectivity index (χ4v) is 3.79. The standard InChI is InChI=1S/C18H23BrN2O/c1-21-12-16(15-9-8-14(19)10-17(15)21)18(22)20-11-13-6-4-2-3-5-7-13/h8-10,12-13H,2-7,11H2,1H3,(H,20,22). The SMILES string of the molecule is Cn1cc(C(=O)NCC2CCCCCC2)c2ccc(Br)cc21. The Morgan fingerprint density at radius 1 is 1.27 bits per heavy atom. The molecule has 0 radical (unpaired) electrons. The molecule has 1 heterocycles. The van der Waals surface area contributed by atoms with Crippen molar-refractivity contribution in [2.24, 2.45) is 13.0 Å². The topological polar surface area (TPSA) is 34.0 Å². The van der Waals surface area contributed by atoms with E-state index in [1.165, 1.54) is 38.5 Å². The van der Waals surface area contributed by atoms with Crippen LogP contribution in [-0.2, 0) is 7.05 Å². The van der Waals surface area contributed by atoms with Gasteiger partial charge in [0.05, 0.1) is 5.56 Å². The molecule has 1 aliphatic rings. The summed E-state index contributed by atoms with van der Waals surface area (Å²) in [7, 11) is 1.98. The van der Waals surface area contributed by atoms with Gasteiger partial charge in [0, 0.05) is 35.2 Å². The van der Waals surface area contributed by atoms with Crippen LogP contribution in [0.25, 0.3) is 10.9 Å². The molecule has 0 atom stereocenters. The number of hydrogen-bond donors (Lipinski definition) is 1. The van der Waals surface area contributed by atoms with Crippen LogP contribution in [-0.4, -0.2) is 17.0 Å². The molecule has 1 amide bonds. The third-order valence-corrected chi connectivity index (χ3v) is 5.22. The Balaban J connectivity index is 1.72. The van der Waals surface area contributed by atoms with E-state index >= 15 is 0 Å². The van der Waals surface area contributed by atoms with Gasteiger partial charge in [0.15, 0.2) is 0 Å². The lowest BCUT2D eigenvalue weighted by Gasteiger charge is -2.14. The highest BCUT2D eigenvalue weighted by Gasteiger charge is 2.17. The molecule has 118 valence electrons. The molecule has 0 saturated heterocycles. The van der Waals surface area contributed by atoms with Gasteiger partial charge in [0.2, 0.25) is 0 Å². The molecule has 3 rings (SSSR count). The molecule has 3 nitrogen and oxygen atoms in total. The first kappa shape index (κ1) is 15.6. The predicted octanol–water partition coefficient (Wildman–Crippen LogP) is 4.64. The summed E-state index contributed by atoms with van der Waals surface area (Å²) in [6, 6.07) is 6.06. The lowest BCUT2D eigenvalue weighted by Crippen LogP contribution is -2.29. The van der Waals surface area contributed by atoms with Gasteiger partial charge in [-0.15, -0.1) is 0 Å². The Morgan fingerprint density at radius 2 is 2.00 bits per heavy atom. The number of carbonyl (C=O) groups is 1. The average Bonchev–Trinajstić information content (AvgIpc) is 2.69. The first-order valence-corrected chi connectivity index (χ1v) is 8.97. The van der Waals surface area contributed by atoms with E-state index < -0.39 is 0 Å². The molecule has 0 aliphatic heterocycles. The number of aromatic nitrogens is 1. The molecule has 1 N–H and O–H groups in total. The molecule has 1 aromatic heterocycles. The highest BCUT2D eigenvalue weighted by atomic mass is 79.9. The monoisotopic (exact) mass is 362 g/mol. The maximum atomic E-state index is 12.5. The number of nitrogens with zero attached hydrogens (tertiary/aromatic N) is 1. The van der Waals surface area contributed by atoms with Crippen LogP contribution in [0.15, 0.2) is 28.9 Å². The molecule has 0 bridgehead atoms. The lowest BCUT2D eigenvalue weighted by atomic mass is 10.0. The van der Waals surface area contributed by atoms with E-state index in [1.54, 1.807) is 0 Å². The highest BCUT2D eigenvalue weighted by molar-refractivity contribution is 9.10. The van der Waals surface area contributed by atoms with E-state index in [9.17, 15) is 4.79 Å². The number of fused-ring (bicyclic) bond motifs is 1. The smallest absolute Gasteiger partial charge is 0.253 e. The summed E-state index contributed by atoms with van der Waals surface area (Å²) in [4.78, 5) is 12.5. The molecule has 1 fully saturated rings. The van der Waals surface area contributed by atoms with Crippen molar-refractivity contribution < 1.29 is 4.79 Å². The molecule has 0 unspecified atom stereocenters. The minimum Gasteiger partial charge on any atom is -0.352 e. The zero-order chi connectivity index (χ0) is 15.5. The Kier molecular flexibility index (Phi) is 4.87. The first-order chi connectivity index (χ1) is 10.6. The van der Waals surface area contributed by atoms with Gasteiger partial charge in [-0.1, -0.05) is 47.7 Å². The number of carbonyl (C=O) groups excluding carboxylic acids is 1. The summed E-state index contributed by atoms with van der Waals surface area (Å²) in [5, 5.41) is 4.17. The Morgan fingerprint density at radius 3 is 2.73 bits per heavy atom. The van der Waals surface area contributed by atoms with Crippen LogP contribution < -0.4 is 5.32 Å². The van der Waals surface area contributed by atoms with Crippen LogP contribution in [0.3, 0.4) is 0 Å². The number of nitrogens with one attached hydrogen (secondary N) is 1. The summed E-state index contributed by atoms with van der Waals surface area (Å²) < 4.78 is 3.05. The first-order valence-electron chi connectivity index (χ1n) is 8.18. The number of halogens is 1. The second-order valence-electron chi connectivity index (χ2n) is 6.38. The molecule has 1 aliphatic carbocycles. The van der Waals surface area contributed by atoms with Crippen molar-refractivity contribution in [3.63, 3.8) is 0 Å². The van der Waals surface area contributed by atoms with Crippen LogP contribution in [0.4, 0.5) is 0 Å². The van der Waals surface area contributed by atoms with Crippen molar-refractivity contribution >= 4 is 32.7 Å². The maximum absolute atomic E-state index is 12.5. The summed E-state index contributed by atoms with van der Waals surface area (Å²) in [5.41, 5.74) is 1.85. The van der Waals surface area contributed by atoms with Crippen molar-refractivity contribution in [2.75, 3.05) is 6.54 Å². The van der Waals surface area contributed by atoms with Crippen molar-refractivity contribution in [2.45, 2.75) is 38.5 Å². The second kappa shape index (κ2) is 6.86. The molecule has 4 heteroatoms. The molecular weight excluding hydrogens is 340 g/mol. The van der Waals surface area contributed by atoms with Crippen molar-refractivity contribution in [1.82, 2.24) is 9.88 Å². The second-order valence-corrected chi connectivity index (χ2v) is 7.30. The largest absolute Gasteiger partial charge is 0.352 e. The van der Waals surface area contributed by atoms with Crippen LogP contribution in [0.1, 0.15) is 48.9 Å². The van der Waals surface area contributed by atoms with E-state index in [0.29, 0.717) is 5.92 Å². The Bertz CT molecular complexity index is 669. The van der Waals surface area contributed by atoms with Gasteiger partial charge in [-0.05, 0) is 30.9 Å². The molecular formula is C18H23BrN2O. The van der Waals surface area contributed by atoms with E-state index in [2.05, 4.69) is 27.3 Å². The van der Waals surface area contributed by atoms with Gasteiger partial charge < -0.3 is 9.88 Å². The number of rotatable bonds is 3. The zero-order valence-electron chi connectivity index (χ0n) is 13.1. The molecule has 1 aromatic carbocycles. The number of amides is 1. The van der Waals surface area contributed by atoms with Crippen LogP contribution >= 0.6 is 15.9 Å². The van der Waals surface area contributed by atoms with E-state index in [1.807, 2.05) is 29.9 Å². The van der Waals surface area contributed by atoms with Gasteiger partial charge in [-0.25, -0.2) is 0 Å². The average molecular weight is 363 g/mol. The molecule has 2 aromatic rings. The van der Waals surface area contributed by atoms with Gasteiger partial charge >= 0.3 is 0 Å². The molecule has 22 heavy (non-hydrogen) atoms. The number of benzene rings is 1. The third-order valence-electron chi connectivity index (χ3n) is 4.72. The van der Waals surface area contributed by atoms with Crippen LogP contribution in [0.2, 0.25) is 0 Å². The van der Waals surface area contributed by atoms with Gasteiger partial charge in [-0.3, -0.25) is 4.79 Å². The van der Waals surface area contributed by atoms with Crippen LogP contribution in [0.5, 0.6) is 0 Å². The minimum absolute atomic E-state index is 0.0529. The summed E-state index contributed by atoms with van der Waals surface area (Å²) >= 11 is 3.49. The summed E-state index contributed by atoms with van der Waals surface area (Å²) in [6.45, 7) is 0.811. The number of aryl methyl sites for hydroxylation is 1. The fourth-order valence-electron chi connectivity index (χ4n) is 3.44. The Labute approximate surface area is 140 Å². The van der Waals surface area contributed by atoms with Crippen molar-refractivity contribution in [3.05, 3.63) is 34.4 Å². The fraction of sp³-hybridized carbons (Fsp3) is 0.500. The van der Waals surface area contributed by atoms with Crippen LogP contribution in [0, 0.1) is 5.92 Å². The van der Waals surface area contributed by atoms with Crippen molar-refractivity contribution in [1.29, 1.82) is 0 Å². The summed E-state index contributed by atoms with van der Waals surface area (Å²) in [5.74, 6) is 0.702. The predicted molar refractivity (Wildman–Crippen MR) is 94.1 cm³/mol. The lowest BCUT2D eigenvalue weighted by molar-refractivity contribution is 0.0947. The quantitative estimate of drug-likeness (QED) is 0.792. The highest BCUT2D eigenvalue weighted by Crippen LogP contribution is 2.25. The van der Waals surface area contributed by atoms with E-state index in [0.717, 1.165) is 27.5 Å². The molecule has 1 saturated carbocycles. The maximum Gasteiger partial charge on any atom is 0.253 e. The van der Waals surface area contributed by atoms with Gasteiger partial charge in [0.1, 0.15) is 0 Å². The van der Waals surface area contributed by atoms with Gasteiger partial charge in [-0.2, -0.15) is 0 Å². The Hall–Kier alpha value is -1.29. The van der Waals surface area contributed by atoms with Gasteiger partial charge in [0.25, 0.3) is 5.91 Å². The molecule has 0 spiro atoms. The number of hydrogen-bond acceptors (Lipinski definition) is 1. The summed E-state index contributed by atoms with van der Waals surface area (Å²) in [6.07, 6.45) is 9.75. The minimum atomic E-state index is 0.0529. The van der Waals surface area contributed by atoms with E-state index in [4.69, 9.17) is 0 Å². The van der Waals surface area contributed by atoms with E-state index in [-0.39, 0.29) is 5.91 Å². The third kappa shape index (κ3) is 3.37. The zero-order valence-corrected chi connectivity index (χ0v) is 14.7. The van der Waals surface area contributed by atoms with Crippen molar-refractivity contribution in [3.8, 4) is 0 Å².